The van der Waals surface area contributed by atoms with E-state index in [4.69, 9.17) is 15.0 Å². The Kier molecular flexibility index (Phi) is 70.8. The van der Waals surface area contributed by atoms with Crippen LogP contribution in [0.4, 0.5) is 0 Å². The molecule has 0 aromatic rings. The van der Waals surface area contributed by atoms with Crippen LogP contribution in [0.1, 0.15) is 87.5 Å². The molecule has 0 saturated carbocycles. The molecule has 3 N–H and O–H groups in total. The minimum Gasteiger partial charge on any atom is -0.483 e. The third kappa shape index (κ3) is 38.7. The highest BCUT2D eigenvalue weighted by Crippen LogP contribution is 2.24. The van der Waals surface area contributed by atoms with Crippen molar-refractivity contribution < 1.29 is 15.0 Å². The van der Waals surface area contributed by atoms with Gasteiger partial charge in [-0.15, -0.1) is 13.2 Å². The van der Waals surface area contributed by atoms with Gasteiger partial charge >= 0.3 is 0 Å². The van der Waals surface area contributed by atoms with E-state index in [1.54, 1.807) is 0 Å². The molecule has 1 aliphatic rings. The maximum Gasteiger partial charge on any atom is 0.290 e. The van der Waals surface area contributed by atoms with Crippen molar-refractivity contribution in [2.24, 2.45) is 0 Å². The Morgan fingerprint density at radius 2 is 1.52 bits per heavy atom. The van der Waals surface area contributed by atoms with Gasteiger partial charge in [0, 0.05) is 12.6 Å². The Balaban J connectivity index is -0.0000000513. The summed E-state index contributed by atoms with van der Waals surface area (Å²) in [5, 5.41) is 17.5. The van der Waals surface area contributed by atoms with Crippen LogP contribution < -0.4 is 5.32 Å². The molecule has 1 fully saturated rings. The summed E-state index contributed by atoms with van der Waals surface area (Å²) in [7, 11) is 1.00. The summed E-state index contributed by atoms with van der Waals surface area (Å²) in [4.78, 5) is 8.36. The normalized spacial score (nSPS) is 16.3. The van der Waals surface area contributed by atoms with Gasteiger partial charge in [-0.1, -0.05) is 61.3 Å². The fourth-order valence-electron chi connectivity index (χ4n) is 1.94. The highest BCUT2D eigenvalue weighted by Gasteiger charge is 2.26. The molecule has 146 valence electrons. The van der Waals surface area contributed by atoms with Crippen molar-refractivity contribution in [3.63, 3.8) is 0 Å². The topological polar surface area (TPSA) is 69.6 Å². The molecule has 4 nitrogen and oxygen atoms in total. The van der Waals surface area contributed by atoms with E-state index in [1.807, 2.05) is 27.7 Å². The van der Waals surface area contributed by atoms with Gasteiger partial charge in [-0.2, -0.15) is 0 Å². The molecule has 1 atom stereocenters. The second kappa shape index (κ2) is 42.9. The Hall–Kier alpha value is -0.870. The first-order chi connectivity index (χ1) is 10.7. The Bertz CT molecular complexity index is 159. The van der Waals surface area contributed by atoms with Crippen LogP contribution in [0.2, 0.25) is 0 Å². The summed E-state index contributed by atoms with van der Waals surface area (Å²) in [6.45, 7) is 19.6. The first-order valence-electron chi connectivity index (χ1n) is 8.46. The molecule has 1 saturated heterocycles. The lowest BCUT2D eigenvalue weighted by Gasteiger charge is -2.23. The van der Waals surface area contributed by atoms with Gasteiger partial charge in [-0.25, -0.2) is 0 Å². The zero-order valence-corrected chi connectivity index (χ0v) is 16.2. The zero-order valence-electron chi connectivity index (χ0n) is 16.2. The molecule has 0 aliphatic carbocycles. The average Bonchev–Trinajstić information content (AvgIpc) is 3.03. The second-order valence-corrected chi connectivity index (χ2v) is 4.15. The molecule has 0 bridgehead atoms. The second-order valence-electron chi connectivity index (χ2n) is 4.15. The van der Waals surface area contributed by atoms with Gasteiger partial charge in [-0.05, 0) is 32.7 Å². The monoisotopic (exact) mass is 337 g/mol. The van der Waals surface area contributed by atoms with E-state index < -0.39 is 0 Å². The number of aliphatic hydroxyl groups excluding tert-OH is 1. The first-order valence-corrected chi connectivity index (χ1v) is 8.46. The van der Waals surface area contributed by atoms with E-state index in [9.17, 15) is 0 Å². The van der Waals surface area contributed by atoms with Crippen LogP contribution in [0.15, 0.2) is 13.2 Å². The van der Waals surface area contributed by atoms with E-state index in [0.29, 0.717) is 5.54 Å². The van der Waals surface area contributed by atoms with Crippen molar-refractivity contribution in [2.75, 3.05) is 13.7 Å². The van der Waals surface area contributed by atoms with Crippen molar-refractivity contribution in [2.45, 2.75) is 93.0 Å². The van der Waals surface area contributed by atoms with E-state index in [1.165, 1.54) is 45.1 Å². The molecule has 0 radical (unpaired) electrons. The third-order valence-electron chi connectivity index (χ3n) is 2.79. The fraction of sp³-hybridized carbons (Fsp3) is 0.842. The summed E-state index contributed by atoms with van der Waals surface area (Å²) >= 11 is 0. The van der Waals surface area contributed by atoms with Crippen LogP contribution in [-0.2, 0) is 4.79 Å². The molecule has 1 heterocycles. The van der Waals surface area contributed by atoms with Crippen LogP contribution in [0, 0.1) is 0 Å². The van der Waals surface area contributed by atoms with E-state index in [2.05, 4.69) is 32.3 Å². The average molecular weight is 338 g/mol. The molecule has 1 unspecified atom stereocenters. The van der Waals surface area contributed by atoms with Crippen LogP contribution in [0.25, 0.3) is 0 Å². The van der Waals surface area contributed by atoms with Gasteiger partial charge in [0.15, 0.2) is 0 Å². The van der Waals surface area contributed by atoms with Crippen LogP contribution in [0.3, 0.4) is 0 Å². The van der Waals surface area contributed by atoms with Gasteiger partial charge in [0.05, 0.1) is 0 Å². The molecular formula is C19H47NO3. The standard InChI is InChI=1S/C10H21N.2C2H6.C2H4.CH2O2.CH4O.CH4/c1-3-4-5-7-10(2)8-6-9-11-10;3*1-2;2-1-3;1-2;/h11H,3-9H2,1-2H3;2*1-2H3;1-2H2;1H,(H,2,3);2H,1H3;1H4. The van der Waals surface area contributed by atoms with Crippen LogP contribution in [0.5, 0.6) is 0 Å². The van der Waals surface area contributed by atoms with E-state index in [-0.39, 0.29) is 13.9 Å². The SMILES string of the molecule is C.C=C.CC.CC.CCCCCC1(C)CCCN1.CO.O=CO. The molecule has 4 heteroatoms. The highest BCUT2D eigenvalue weighted by atomic mass is 16.3. The minimum absolute atomic E-state index is 0. The molecule has 0 aromatic heterocycles. The molecular weight excluding hydrogens is 290 g/mol. The third-order valence-corrected chi connectivity index (χ3v) is 2.79. The summed E-state index contributed by atoms with van der Waals surface area (Å²) in [5.74, 6) is 0. The first kappa shape index (κ1) is 38.0. The largest absolute Gasteiger partial charge is 0.483 e. The number of unbranched alkanes of at least 4 members (excludes halogenated alkanes) is 2. The number of carbonyl (C=O) groups is 1. The number of carboxylic acid groups (broad SMARTS) is 1. The predicted octanol–water partition coefficient (Wildman–Crippen LogP) is 5.51. The van der Waals surface area contributed by atoms with Gasteiger partial charge in [0.2, 0.25) is 0 Å². The number of nitrogens with one attached hydrogen (secondary N) is 1. The number of hydrogen-bond acceptors (Lipinski definition) is 3. The minimum atomic E-state index is -0.250. The lowest BCUT2D eigenvalue weighted by Crippen LogP contribution is -2.35. The smallest absolute Gasteiger partial charge is 0.290 e. The van der Waals surface area contributed by atoms with Gasteiger partial charge in [0.25, 0.3) is 6.47 Å². The summed E-state index contributed by atoms with van der Waals surface area (Å²) < 4.78 is 0. The predicted molar refractivity (Wildman–Crippen MR) is 107 cm³/mol. The maximum atomic E-state index is 8.36. The van der Waals surface area contributed by atoms with Crippen molar-refractivity contribution in [3.8, 4) is 0 Å². The van der Waals surface area contributed by atoms with Crippen molar-refractivity contribution in [1.29, 1.82) is 0 Å². The maximum absolute atomic E-state index is 8.36. The molecule has 1 aliphatic heterocycles. The summed E-state index contributed by atoms with van der Waals surface area (Å²) in [6, 6.07) is 0. The summed E-state index contributed by atoms with van der Waals surface area (Å²) in [5.41, 5.74) is 0.495. The van der Waals surface area contributed by atoms with Gasteiger partial charge in [0.1, 0.15) is 0 Å². The van der Waals surface area contributed by atoms with Crippen molar-refractivity contribution in [1.82, 2.24) is 5.32 Å². The molecule has 0 spiro atoms. The van der Waals surface area contributed by atoms with Crippen molar-refractivity contribution in [3.05, 3.63) is 13.2 Å². The van der Waals surface area contributed by atoms with Gasteiger partial charge in [-0.3, -0.25) is 4.79 Å². The molecule has 1 rings (SSSR count). The Morgan fingerprint density at radius 3 is 1.78 bits per heavy atom. The Labute approximate surface area is 147 Å². The van der Waals surface area contributed by atoms with Crippen LogP contribution >= 0.6 is 0 Å². The lowest BCUT2D eigenvalue weighted by atomic mass is 9.93. The number of hydrogen-bond donors (Lipinski definition) is 3. The number of rotatable bonds is 4. The van der Waals surface area contributed by atoms with Crippen LogP contribution in [-0.4, -0.2) is 35.9 Å². The highest BCUT2D eigenvalue weighted by molar-refractivity contribution is 5.32. The van der Waals surface area contributed by atoms with E-state index in [0.717, 1.165) is 7.11 Å². The molecule has 23 heavy (non-hydrogen) atoms. The van der Waals surface area contributed by atoms with E-state index >= 15 is 0 Å². The summed E-state index contributed by atoms with van der Waals surface area (Å²) in [6.07, 6.45) is 8.29. The quantitative estimate of drug-likeness (QED) is 0.359. The van der Waals surface area contributed by atoms with Gasteiger partial charge < -0.3 is 15.5 Å². The fourth-order valence-corrected chi connectivity index (χ4v) is 1.94. The van der Waals surface area contributed by atoms with Crippen molar-refractivity contribution >= 4 is 6.47 Å². The molecule has 0 amide bonds. The Morgan fingerprint density at radius 1 is 1.13 bits per heavy atom. The number of aliphatic hydroxyl groups is 1. The molecule has 0 aromatic carbocycles. The lowest BCUT2D eigenvalue weighted by molar-refractivity contribution is -0.122. The zero-order chi connectivity index (χ0) is 18.9.